The van der Waals surface area contributed by atoms with Gasteiger partial charge in [0.2, 0.25) is 0 Å². The van der Waals surface area contributed by atoms with Crippen LogP contribution in [0.5, 0.6) is 0 Å². The molecular weight excluding hydrogens is 320 g/mol. The minimum Gasteiger partial charge on any atom is -0.393 e. The van der Waals surface area contributed by atoms with Crippen LogP contribution < -0.4 is 0 Å². The predicted octanol–water partition coefficient (Wildman–Crippen LogP) is 5.33. The molecule has 0 bridgehead atoms. The van der Waals surface area contributed by atoms with E-state index in [0.29, 0.717) is 5.41 Å². The molecular formula is C24H40O2. The summed E-state index contributed by atoms with van der Waals surface area (Å²) < 4.78 is 0. The van der Waals surface area contributed by atoms with Gasteiger partial charge in [0.05, 0.1) is 12.2 Å². The van der Waals surface area contributed by atoms with Crippen molar-refractivity contribution in [1.29, 1.82) is 0 Å². The number of hydrogen-bond acceptors (Lipinski definition) is 2. The third-order valence-electron chi connectivity index (χ3n) is 9.22. The topological polar surface area (TPSA) is 40.5 Å². The zero-order chi connectivity index (χ0) is 18.5. The highest BCUT2D eigenvalue weighted by atomic mass is 16.3. The number of hydrogen-bond donors (Lipinski definition) is 2. The van der Waals surface area contributed by atoms with Gasteiger partial charge in [-0.1, -0.05) is 25.5 Å². The number of rotatable bonds is 4. The van der Waals surface area contributed by atoms with Gasteiger partial charge in [0.1, 0.15) is 0 Å². The molecule has 9 atom stereocenters. The van der Waals surface area contributed by atoms with Gasteiger partial charge in [-0.2, -0.15) is 0 Å². The molecule has 3 fully saturated rings. The van der Waals surface area contributed by atoms with E-state index < -0.39 is 0 Å². The van der Waals surface area contributed by atoms with Crippen LogP contribution in [0.3, 0.4) is 0 Å². The molecule has 0 aromatic carbocycles. The standard InChI is InChI=1S/C24H40O2/c1-15(4-5-16(2)25)22-10-11-23-21-8-6-17-14-18(26)7-9-19(17)20(21)12-13-24(22,23)3/h6,15-16,18-23,25-26H,4-5,7-14H2,1-3H3/t15-,16?,18+,19+,20-,21-,22?,23+,24-/m1/s1. The predicted molar refractivity (Wildman–Crippen MR) is 107 cm³/mol. The van der Waals surface area contributed by atoms with Crippen LogP contribution in [0.1, 0.15) is 85.0 Å². The monoisotopic (exact) mass is 360 g/mol. The fourth-order valence-corrected chi connectivity index (χ4v) is 7.93. The molecule has 0 saturated heterocycles. The molecule has 0 aromatic heterocycles. The van der Waals surface area contributed by atoms with Crippen LogP contribution in [-0.2, 0) is 0 Å². The van der Waals surface area contributed by atoms with Crippen molar-refractivity contribution in [3.8, 4) is 0 Å². The summed E-state index contributed by atoms with van der Waals surface area (Å²) >= 11 is 0. The maximum atomic E-state index is 10.1. The number of aliphatic hydroxyl groups excluding tert-OH is 2. The van der Waals surface area contributed by atoms with Crippen molar-refractivity contribution in [3.63, 3.8) is 0 Å². The van der Waals surface area contributed by atoms with Crippen LogP contribution in [0.25, 0.3) is 0 Å². The van der Waals surface area contributed by atoms with Gasteiger partial charge in [-0.3, -0.25) is 0 Å². The van der Waals surface area contributed by atoms with E-state index in [1.807, 2.05) is 6.92 Å². The maximum Gasteiger partial charge on any atom is 0.0577 e. The Morgan fingerprint density at radius 2 is 1.88 bits per heavy atom. The molecule has 2 N–H and O–H groups in total. The van der Waals surface area contributed by atoms with Gasteiger partial charge in [-0.15, -0.1) is 0 Å². The lowest BCUT2D eigenvalue weighted by Gasteiger charge is -2.54. The highest BCUT2D eigenvalue weighted by molar-refractivity contribution is 5.20. The second-order valence-corrected chi connectivity index (χ2v) is 10.6. The summed E-state index contributed by atoms with van der Waals surface area (Å²) in [6, 6.07) is 0. The van der Waals surface area contributed by atoms with Crippen LogP contribution >= 0.6 is 0 Å². The van der Waals surface area contributed by atoms with E-state index >= 15 is 0 Å². The van der Waals surface area contributed by atoms with Crippen LogP contribution in [-0.4, -0.2) is 22.4 Å². The van der Waals surface area contributed by atoms with Gasteiger partial charge in [0, 0.05) is 0 Å². The first-order chi connectivity index (χ1) is 12.4. The average molecular weight is 361 g/mol. The van der Waals surface area contributed by atoms with E-state index in [1.165, 1.54) is 44.9 Å². The SMILES string of the molecule is CC(O)CC[C@@H](C)C1CC[C@H]2[C@@H]3CC=C4C[C@@H](O)CC[C@@H]4[C@H]3CC[C@]12C. The Balaban J connectivity index is 1.49. The molecule has 0 spiro atoms. The Morgan fingerprint density at radius 1 is 1.08 bits per heavy atom. The highest BCUT2D eigenvalue weighted by Gasteiger charge is 2.56. The fraction of sp³-hybridized carbons (Fsp3) is 0.917. The van der Waals surface area contributed by atoms with Crippen molar-refractivity contribution in [2.75, 3.05) is 0 Å². The quantitative estimate of drug-likeness (QED) is 0.665. The minimum atomic E-state index is -0.151. The molecule has 0 aliphatic heterocycles. The van der Waals surface area contributed by atoms with E-state index in [0.717, 1.165) is 54.8 Å². The molecule has 0 radical (unpaired) electrons. The molecule has 0 aromatic rings. The lowest BCUT2D eigenvalue weighted by molar-refractivity contribution is -0.0301. The number of fused-ring (bicyclic) bond motifs is 5. The summed E-state index contributed by atoms with van der Waals surface area (Å²) in [7, 11) is 0. The third-order valence-corrected chi connectivity index (χ3v) is 9.22. The Labute approximate surface area is 160 Å². The molecule has 0 amide bonds. The first-order valence-corrected chi connectivity index (χ1v) is 11.4. The molecule has 26 heavy (non-hydrogen) atoms. The maximum absolute atomic E-state index is 10.1. The zero-order valence-electron chi connectivity index (χ0n) is 17.2. The van der Waals surface area contributed by atoms with Crippen molar-refractivity contribution in [2.45, 2.75) is 97.2 Å². The molecule has 4 rings (SSSR count). The summed E-state index contributed by atoms with van der Waals surface area (Å²) in [5.41, 5.74) is 2.13. The van der Waals surface area contributed by atoms with E-state index in [-0.39, 0.29) is 12.2 Å². The van der Waals surface area contributed by atoms with Gasteiger partial charge in [-0.25, -0.2) is 0 Å². The molecule has 4 aliphatic rings. The fourth-order valence-electron chi connectivity index (χ4n) is 7.93. The molecule has 4 aliphatic carbocycles. The smallest absolute Gasteiger partial charge is 0.0577 e. The van der Waals surface area contributed by atoms with Crippen molar-refractivity contribution in [3.05, 3.63) is 11.6 Å². The van der Waals surface area contributed by atoms with Crippen LogP contribution in [0.4, 0.5) is 0 Å². The largest absolute Gasteiger partial charge is 0.393 e. The van der Waals surface area contributed by atoms with Crippen molar-refractivity contribution in [2.24, 2.45) is 40.9 Å². The lowest BCUT2D eigenvalue weighted by atomic mass is 9.51. The van der Waals surface area contributed by atoms with Crippen molar-refractivity contribution in [1.82, 2.24) is 0 Å². The van der Waals surface area contributed by atoms with E-state index in [9.17, 15) is 10.2 Å². The van der Waals surface area contributed by atoms with Gasteiger partial charge in [0.15, 0.2) is 0 Å². The molecule has 3 saturated carbocycles. The number of allylic oxidation sites excluding steroid dienone is 1. The summed E-state index contributed by atoms with van der Waals surface area (Å²) in [5.74, 6) is 5.08. The normalized spacial score (nSPS) is 47.3. The summed E-state index contributed by atoms with van der Waals surface area (Å²) in [5, 5.41) is 19.8. The van der Waals surface area contributed by atoms with Gasteiger partial charge in [-0.05, 0) is 112 Å². The zero-order valence-corrected chi connectivity index (χ0v) is 17.2. The van der Waals surface area contributed by atoms with Crippen molar-refractivity contribution >= 4 is 0 Å². The van der Waals surface area contributed by atoms with E-state index in [2.05, 4.69) is 19.9 Å². The van der Waals surface area contributed by atoms with E-state index in [1.54, 1.807) is 5.57 Å². The minimum absolute atomic E-state index is 0.0754. The summed E-state index contributed by atoms with van der Waals surface area (Å²) in [4.78, 5) is 0. The van der Waals surface area contributed by atoms with Gasteiger partial charge in [0.25, 0.3) is 0 Å². The van der Waals surface area contributed by atoms with Crippen LogP contribution in [0.2, 0.25) is 0 Å². The highest BCUT2D eigenvalue weighted by Crippen LogP contribution is 2.64. The second kappa shape index (κ2) is 7.24. The Bertz CT molecular complexity index is 538. The van der Waals surface area contributed by atoms with Crippen LogP contribution in [0, 0.1) is 40.9 Å². The summed E-state index contributed by atoms with van der Waals surface area (Å²) in [6.07, 6.45) is 14.6. The Morgan fingerprint density at radius 3 is 2.65 bits per heavy atom. The Hall–Kier alpha value is -0.340. The average Bonchev–Trinajstić information content (AvgIpc) is 2.96. The molecule has 148 valence electrons. The molecule has 2 heteroatoms. The first-order valence-electron chi connectivity index (χ1n) is 11.4. The molecule has 0 heterocycles. The molecule has 2 nitrogen and oxygen atoms in total. The number of aliphatic hydroxyl groups is 2. The molecule has 2 unspecified atom stereocenters. The Kier molecular flexibility index (Phi) is 5.29. The summed E-state index contributed by atoms with van der Waals surface area (Å²) in [6.45, 7) is 7.01. The second-order valence-electron chi connectivity index (χ2n) is 10.6. The third kappa shape index (κ3) is 3.20. The van der Waals surface area contributed by atoms with E-state index in [4.69, 9.17) is 0 Å². The van der Waals surface area contributed by atoms with Gasteiger partial charge < -0.3 is 10.2 Å². The van der Waals surface area contributed by atoms with Gasteiger partial charge >= 0.3 is 0 Å². The first kappa shape index (κ1) is 19.0. The van der Waals surface area contributed by atoms with Crippen molar-refractivity contribution < 1.29 is 10.2 Å². The van der Waals surface area contributed by atoms with Crippen LogP contribution in [0.15, 0.2) is 11.6 Å². The lowest BCUT2D eigenvalue weighted by Crippen LogP contribution is -2.47.